The van der Waals surface area contributed by atoms with Crippen LogP contribution in [0.5, 0.6) is 5.88 Å². The molecule has 0 fully saturated rings. The number of methoxy groups -OCH3 is 1. The predicted molar refractivity (Wildman–Crippen MR) is 103 cm³/mol. The van der Waals surface area contributed by atoms with Crippen LogP contribution in [0.2, 0.25) is 25.7 Å². The van der Waals surface area contributed by atoms with Crippen LogP contribution in [0.1, 0.15) is 0 Å². The standard InChI is InChI=1S/C15H24IN3O2Si/c1-20-15-13(17-10-16)9-12-5-6-19(14(12)18-15)11-21-7-8-22(2,3)4/h5-6,9,17H,7-8,10-11H2,1-4H3. The van der Waals surface area contributed by atoms with E-state index in [4.69, 9.17) is 9.47 Å². The fourth-order valence-electron chi connectivity index (χ4n) is 2.10. The van der Waals surface area contributed by atoms with Gasteiger partial charge in [-0.3, -0.25) is 0 Å². The first-order valence-electron chi connectivity index (χ1n) is 7.36. The van der Waals surface area contributed by atoms with Crippen molar-refractivity contribution in [1.29, 1.82) is 0 Å². The molecule has 0 aliphatic carbocycles. The zero-order chi connectivity index (χ0) is 16.2. The van der Waals surface area contributed by atoms with Crippen molar-refractivity contribution >= 4 is 47.4 Å². The number of anilines is 1. The van der Waals surface area contributed by atoms with Crippen LogP contribution in [0, 0.1) is 0 Å². The fraction of sp³-hybridized carbons (Fsp3) is 0.533. The van der Waals surface area contributed by atoms with Gasteiger partial charge >= 0.3 is 0 Å². The maximum Gasteiger partial charge on any atom is 0.239 e. The quantitative estimate of drug-likeness (QED) is 0.223. The molecule has 1 N–H and O–H groups in total. The van der Waals surface area contributed by atoms with Crippen LogP contribution in [0.15, 0.2) is 18.3 Å². The van der Waals surface area contributed by atoms with E-state index in [1.165, 1.54) is 6.04 Å². The Bertz CT molecular complexity index is 625. The monoisotopic (exact) mass is 433 g/mol. The number of nitrogens with zero attached hydrogens (tertiary/aromatic N) is 2. The van der Waals surface area contributed by atoms with Crippen LogP contribution in [0.4, 0.5) is 5.69 Å². The summed E-state index contributed by atoms with van der Waals surface area (Å²) in [7, 11) is 0.600. The van der Waals surface area contributed by atoms with Gasteiger partial charge in [-0.05, 0) is 18.2 Å². The molecule has 0 unspecified atom stereocenters. The fourth-order valence-corrected chi connectivity index (χ4v) is 3.26. The molecule has 0 aliphatic rings. The second-order valence-electron chi connectivity index (χ2n) is 6.40. The number of hydrogen-bond acceptors (Lipinski definition) is 4. The molecule has 5 nitrogen and oxygen atoms in total. The van der Waals surface area contributed by atoms with Gasteiger partial charge in [-0.25, -0.2) is 0 Å². The number of alkyl halides is 1. The third-order valence-electron chi connectivity index (χ3n) is 3.38. The molecule has 22 heavy (non-hydrogen) atoms. The number of aromatic nitrogens is 2. The summed E-state index contributed by atoms with van der Waals surface area (Å²) in [6.07, 6.45) is 2.01. The lowest BCUT2D eigenvalue weighted by Crippen LogP contribution is -2.22. The van der Waals surface area contributed by atoms with Gasteiger partial charge < -0.3 is 19.4 Å². The van der Waals surface area contributed by atoms with E-state index in [0.29, 0.717) is 12.6 Å². The summed E-state index contributed by atoms with van der Waals surface area (Å²) in [5.41, 5.74) is 1.81. The number of ether oxygens (including phenoxy) is 2. The zero-order valence-corrected chi connectivity index (χ0v) is 16.8. The molecule has 2 aromatic rings. The smallest absolute Gasteiger partial charge is 0.239 e. The number of fused-ring (bicyclic) bond motifs is 1. The summed E-state index contributed by atoms with van der Waals surface area (Å²) in [5, 5.41) is 4.35. The Kier molecular flexibility index (Phi) is 6.10. The van der Waals surface area contributed by atoms with Crippen molar-refractivity contribution in [2.24, 2.45) is 0 Å². The molecule has 0 spiro atoms. The maximum atomic E-state index is 5.81. The highest BCUT2D eigenvalue weighted by Gasteiger charge is 2.13. The molecule has 0 aromatic carbocycles. The molecule has 0 amide bonds. The lowest BCUT2D eigenvalue weighted by atomic mass is 10.3. The SMILES string of the molecule is COc1nc2c(ccn2COCC[Si](C)(C)C)cc1NCI. The minimum Gasteiger partial charge on any atom is -0.479 e. The van der Waals surface area contributed by atoms with Gasteiger partial charge in [0, 0.05) is 26.3 Å². The maximum absolute atomic E-state index is 5.81. The summed E-state index contributed by atoms with van der Waals surface area (Å²) >= 11 is 2.27. The Labute approximate surface area is 146 Å². The van der Waals surface area contributed by atoms with Crippen LogP contribution in [0.25, 0.3) is 11.0 Å². The van der Waals surface area contributed by atoms with Crippen LogP contribution < -0.4 is 10.1 Å². The second-order valence-corrected chi connectivity index (χ2v) is 12.8. The number of pyridine rings is 1. The minimum absolute atomic E-state index is 0.531. The van der Waals surface area contributed by atoms with Gasteiger partial charge in [0.2, 0.25) is 5.88 Å². The van der Waals surface area contributed by atoms with Crippen molar-refractivity contribution in [3.63, 3.8) is 0 Å². The Morgan fingerprint density at radius 2 is 2.14 bits per heavy atom. The molecule has 0 bridgehead atoms. The van der Waals surface area contributed by atoms with Crippen molar-refractivity contribution in [1.82, 2.24) is 9.55 Å². The van der Waals surface area contributed by atoms with E-state index in [1.54, 1.807) is 7.11 Å². The van der Waals surface area contributed by atoms with E-state index >= 15 is 0 Å². The van der Waals surface area contributed by atoms with E-state index in [1.807, 2.05) is 10.8 Å². The minimum atomic E-state index is -1.04. The highest BCUT2D eigenvalue weighted by Crippen LogP contribution is 2.27. The van der Waals surface area contributed by atoms with Gasteiger partial charge in [0.05, 0.1) is 17.3 Å². The first-order chi connectivity index (χ1) is 10.4. The van der Waals surface area contributed by atoms with Gasteiger partial charge in [-0.1, -0.05) is 42.2 Å². The summed E-state index contributed by atoms with van der Waals surface area (Å²) in [6, 6.07) is 5.30. The Morgan fingerprint density at radius 1 is 1.36 bits per heavy atom. The molecular weight excluding hydrogens is 409 g/mol. The Balaban J connectivity index is 2.11. The van der Waals surface area contributed by atoms with Gasteiger partial charge in [0.25, 0.3) is 0 Å². The Hall–Kier alpha value is -0.803. The van der Waals surface area contributed by atoms with Gasteiger partial charge in [-0.2, -0.15) is 4.98 Å². The summed E-state index contributed by atoms with van der Waals surface area (Å²) in [5.74, 6) is 0.617. The molecule has 0 atom stereocenters. The molecule has 0 saturated carbocycles. The van der Waals surface area contributed by atoms with Crippen molar-refractivity contribution in [2.45, 2.75) is 32.4 Å². The van der Waals surface area contributed by atoms with Gasteiger partial charge in [0.15, 0.2) is 0 Å². The topological polar surface area (TPSA) is 48.3 Å². The molecule has 0 aliphatic heterocycles. The number of hydrogen-bond donors (Lipinski definition) is 1. The van der Waals surface area contributed by atoms with Crippen molar-refractivity contribution in [3.05, 3.63) is 18.3 Å². The van der Waals surface area contributed by atoms with Gasteiger partial charge in [0.1, 0.15) is 12.4 Å². The van der Waals surface area contributed by atoms with Crippen molar-refractivity contribution in [2.75, 3.05) is 23.6 Å². The Morgan fingerprint density at radius 3 is 2.77 bits per heavy atom. The largest absolute Gasteiger partial charge is 0.479 e. The molecule has 7 heteroatoms. The van der Waals surface area contributed by atoms with E-state index in [0.717, 1.165) is 27.9 Å². The van der Waals surface area contributed by atoms with E-state index < -0.39 is 8.07 Å². The summed E-state index contributed by atoms with van der Waals surface area (Å²) < 4.78 is 14.0. The molecular formula is C15H24IN3O2Si. The molecule has 2 aromatic heterocycles. The average Bonchev–Trinajstić information content (AvgIpc) is 2.84. The van der Waals surface area contributed by atoms with E-state index in [-0.39, 0.29) is 0 Å². The van der Waals surface area contributed by atoms with E-state index in [2.05, 4.69) is 64.7 Å². The van der Waals surface area contributed by atoms with Crippen LogP contribution in [0.3, 0.4) is 0 Å². The average molecular weight is 433 g/mol. The first kappa shape index (κ1) is 17.5. The third-order valence-corrected chi connectivity index (χ3v) is 5.46. The number of nitrogens with one attached hydrogen (secondary N) is 1. The third kappa shape index (κ3) is 4.59. The summed E-state index contributed by atoms with van der Waals surface area (Å²) in [6.45, 7) is 8.41. The van der Waals surface area contributed by atoms with Gasteiger partial charge in [-0.15, -0.1) is 0 Å². The molecule has 0 saturated heterocycles. The van der Waals surface area contributed by atoms with E-state index in [9.17, 15) is 0 Å². The van der Waals surface area contributed by atoms with Crippen LogP contribution in [-0.4, -0.2) is 35.9 Å². The lowest BCUT2D eigenvalue weighted by molar-refractivity contribution is 0.0898. The summed E-state index contributed by atoms with van der Waals surface area (Å²) in [4.78, 5) is 4.60. The van der Waals surface area contributed by atoms with Crippen molar-refractivity contribution in [3.8, 4) is 5.88 Å². The number of halogens is 1. The molecule has 0 radical (unpaired) electrons. The lowest BCUT2D eigenvalue weighted by Gasteiger charge is -2.16. The molecule has 122 valence electrons. The van der Waals surface area contributed by atoms with Crippen LogP contribution in [-0.2, 0) is 11.5 Å². The van der Waals surface area contributed by atoms with Crippen molar-refractivity contribution < 1.29 is 9.47 Å². The first-order valence-corrected chi connectivity index (χ1v) is 12.6. The second kappa shape index (κ2) is 7.65. The highest BCUT2D eigenvalue weighted by atomic mass is 127. The normalized spacial score (nSPS) is 11.9. The molecule has 2 rings (SSSR count). The zero-order valence-electron chi connectivity index (χ0n) is 13.6. The number of rotatable bonds is 8. The van der Waals surface area contributed by atoms with Crippen LogP contribution >= 0.6 is 22.6 Å². The predicted octanol–water partition coefficient (Wildman–Crippen LogP) is 4.16. The molecule has 2 heterocycles. The highest BCUT2D eigenvalue weighted by molar-refractivity contribution is 14.1.